The Labute approximate surface area is 173 Å². The number of hydrogen-bond acceptors (Lipinski definition) is 5. The van der Waals surface area contributed by atoms with Crippen LogP contribution >= 0.6 is 0 Å². The molecule has 1 N–H and O–H groups in total. The number of nitrogens with one attached hydrogen (secondary N) is 1. The maximum Gasteiger partial charge on any atom is 0.410 e. The van der Waals surface area contributed by atoms with Crippen molar-refractivity contribution in [2.75, 3.05) is 33.7 Å². The van der Waals surface area contributed by atoms with Crippen LogP contribution in [0.3, 0.4) is 0 Å². The first kappa shape index (κ1) is 24.5. The molecule has 1 amide bonds. The number of alkyl halides is 1. The van der Waals surface area contributed by atoms with Gasteiger partial charge in [0.2, 0.25) is 0 Å². The second kappa shape index (κ2) is 14.5. The Morgan fingerprint density at radius 3 is 2.76 bits per heavy atom. The number of rotatable bonds is 6. The third kappa shape index (κ3) is 9.99. The van der Waals surface area contributed by atoms with Crippen LogP contribution in [0.25, 0.3) is 0 Å². The highest BCUT2D eigenvalue weighted by Gasteiger charge is 2.29. The van der Waals surface area contributed by atoms with Gasteiger partial charge in [-0.25, -0.2) is 9.18 Å². The zero-order chi connectivity index (χ0) is 21.5. The van der Waals surface area contributed by atoms with E-state index in [1.165, 1.54) is 10.5 Å². The second-order valence-corrected chi connectivity index (χ2v) is 6.89. The summed E-state index contributed by atoms with van der Waals surface area (Å²) in [5.41, 5.74) is 2.11. The first-order chi connectivity index (χ1) is 14.0. The summed E-state index contributed by atoms with van der Waals surface area (Å²) < 4.78 is 19.5. The Bertz CT molecular complexity index is 661. The fourth-order valence-electron chi connectivity index (χ4n) is 2.94. The number of hydrogen-bond donors (Lipinski definition) is 1. The van der Waals surface area contributed by atoms with E-state index >= 15 is 0 Å². The predicted octanol–water partition coefficient (Wildman–Crippen LogP) is 3.80. The molecule has 1 heterocycles. The molecule has 0 radical (unpaired) electrons. The number of allylic oxidation sites excluding steroid dienone is 1. The molecule has 1 fully saturated rings. The highest BCUT2D eigenvalue weighted by atomic mass is 19.1. The molecule has 2 rings (SSSR count). The maximum atomic E-state index is 14.2. The van der Waals surface area contributed by atoms with Crippen molar-refractivity contribution in [3.05, 3.63) is 47.7 Å². The summed E-state index contributed by atoms with van der Waals surface area (Å²) in [6.45, 7) is 6.81. The molecule has 29 heavy (non-hydrogen) atoms. The van der Waals surface area contributed by atoms with E-state index in [0.29, 0.717) is 13.1 Å². The Hall–Kier alpha value is -2.54. The Morgan fingerprint density at radius 2 is 2.14 bits per heavy atom. The zero-order valence-corrected chi connectivity index (χ0v) is 17.7. The van der Waals surface area contributed by atoms with E-state index < -0.39 is 12.3 Å². The molecule has 1 aliphatic heterocycles. The standard InChI is InChI=1S/C17H25FN2O2.C5H8N2/c1-13-5-7-14(8-6-13)12-22-17(21)20-9-3-4-15(10-19-2)16(18)11-20;1-6-4-3-5-7-2/h5-8,15-16,19H,3-4,9-12H2,1-2H3;3-5H,1H2,2H3/b;4-3-,7-5?. The first-order valence-electron chi connectivity index (χ1n) is 9.80. The first-order valence-corrected chi connectivity index (χ1v) is 9.80. The molecular weight excluding hydrogens is 371 g/mol. The SMILES string of the molecule is C=N/C=C\C=NC.CNCC1CCCN(C(=O)OCc2ccc(C)cc2)CC1F. The normalized spacial score (nSPS) is 19.5. The molecule has 0 bridgehead atoms. The van der Waals surface area contributed by atoms with Crippen molar-refractivity contribution in [1.82, 2.24) is 10.2 Å². The van der Waals surface area contributed by atoms with E-state index in [1.54, 1.807) is 25.5 Å². The Kier molecular flexibility index (Phi) is 12.2. The minimum absolute atomic E-state index is 0.0279. The van der Waals surface area contributed by atoms with Crippen molar-refractivity contribution >= 4 is 19.0 Å². The molecule has 7 heteroatoms. The van der Waals surface area contributed by atoms with E-state index in [0.717, 1.165) is 18.4 Å². The molecule has 2 atom stereocenters. The predicted molar refractivity (Wildman–Crippen MR) is 118 cm³/mol. The van der Waals surface area contributed by atoms with Gasteiger partial charge in [0, 0.05) is 38.5 Å². The van der Waals surface area contributed by atoms with Gasteiger partial charge in [0.25, 0.3) is 0 Å². The number of carbonyl (C=O) groups is 1. The van der Waals surface area contributed by atoms with Gasteiger partial charge in [-0.05, 0) is 45.2 Å². The summed E-state index contributed by atoms with van der Waals surface area (Å²) in [5.74, 6) is -0.0279. The van der Waals surface area contributed by atoms with Gasteiger partial charge in [0.15, 0.2) is 0 Å². The molecule has 0 aromatic heterocycles. The lowest BCUT2D eigenvalue weighted by atomic mass is 9.99. The minimum Gasteiger partial charge on any atom is -0.445 e. The number of amides is 1. The van der Waals surface area contributed by atoms with Gasteiger partial charge in [-0.15, -0.1) is 0 Å². The van der Waals surface area contributed by atoms with Gasteiger partial charge in [-0.3, -0.25) is 9.98 Å². The molecule has 1 saturated heterocycles. The van der Waals surface area contributed by atoms with Gasteiger partial charge in [-0.2, -0.15) is 0 Å². The van der Waals surface area contributed by atoms with Crippen LogP contribution in [-0.2, 0) is 11.3 Å². The lowest BCUT2D eigenvalue weighted by Crippen LogP contribution is -2.38. The van der Waals surface area contributed by atoms with Crippen molar-refractivity contribution < 1.29 is 13.9 Å². The monoisotopic (exact) mass is 404 g/mol. The van der Waals surface area contributed by atoms with Crippen molar-refractivity contribution in [2.45, 2.75) is 32.5 Å². The van der Waals surface area contributed by atoms with Crippen LogP contribution < -0.4 is 5.32 Å². The smallest absolute Gasteiger partial charge is 0.410 e. The molecular formula is C22H33FN4O2. The lowest BCUT2D eigenvalue weighted by molar-refractivity contribution is 0.0857. The molecule has 0 aliphatic carbocycles. The average molecular weight is 405 g/mol. The van der Waals surface area contributed by atoms with E-state index in [1.807, 2.05) is 38.2 Å². The molecule has 1 aromatic carbocycles. The summed E-state index contributed by atoms with van der Waals surface area (Å²) in [5, 5.41) is 3.02. The lowest BCUT2D eigenvalue weighted by Gasteiger charge is -2.22. The van der Waals surface area contributed by atoms with Crippen molar-refractivity contribution in [2.24, 2.45) is 15.9 Å². The number of likely N-dealkylation sites (tertiary alicyclic amines) is 1. The number of halogens is 1. The van der Waals surface area contributed by atoms with Crippen LogP contribution in [0.1, 0.15) is 24.0 Å². The van der Waals surface area contributed by atoms with E-state index in [4.69, 9.17) is 4.74 Å². The third-order valence-electron chi connectivity index (χ3n) is 4.54. The number of aryl methyl sites for hydroxylation is 1. The average Bonchev–Trinajstić information content (AvgIpc) is 2.90. The summed E-state index contributed by atoms with van der Waals surface area (Å²) in [4.78, 5) is 20.7. The largest absolute Gasteiger partial charge is 0.445 e. The molecule has 1 aromatic rings. The molecule has 0 saturated carbocycles. The minimum atomic E-state index is -0.998. The van der Waals surface area contributed by atoms with Crippen molar-refractivity contribution in [1.29, 1.82) is 0 Å². The highest BCUT2D eigenvalue weighted by Crippen LogP contribution is 2.21. The fourth-order valence-corrected chi connectivity index (χ4v) is 2.94. The van der Waals surface area contributed by atoms with E-state index in [-0.39, 0.29) is 19.1 Å². The van der Waals surface area contributed by atoms with Gasteiger partial charge < -0.3 is 15.0 Å². The highest BCUT2D eigenvalue weighted by molar-refractivity contribution is 5.70. The molecule has 160 valence electrons. The number of nitrogens with zero attached hydrogens (tertiary/aromatic N) is 3. The Balaban J connectivity index is 0.000000516. The van der Waals surface area contributed by atoms with Crippen LogP contribution in [0.5, 0.6) is 0 Å². The second-order valence-electron chi connectivity index (χ2n) is 6.89. The third-order valence-corrected chi connectivity index (χ3v) is 4.54. The number of aliphatic imine (C=N–C) groups is 2. The summed E-state index contributed by atoms with van der Waals surface area (Å²) in [7, 11) is 3.53. The van der Waals surface area contributed by atoms with E-state index in [9.17, 15) is 9.18 Å². The topological polar surface area (TPSA) is 66.3 Å². The molecule has 1 aliphatic rings. The zero-order valence-electron chi connectivity index (χ0n) is 17.7. The molecule has 6 nitrogen and oxygen atoms in total. The van der Waals surface area contributed by atoms with Gasteiger partial charge in [0.1, 0.15) is 12.8 Å². The van der Waals surface area contributed by atoms with Gasteiger partial charge in [-0.1, -0.05) is 29.8 Å². The fraction of sp³-hybridized carbons (Fsp3) is 0.500. The van der Waals surface area contributed by atoms with Crippen LogP contribution in [0.4, 0.5) is 9.18 Å². The summed E-state index contributed by atoms with van der Waals surface area (Å²) >= 11 is 0. The van der Waals surface area contributed by atoms with Crippen LogP contribution in [0.15, 0.2) is 46.5 Å². The molecule has 0 spiro atoms. The van der Waals surface area contributed by atoms with Gasteiger partial charge >= 0.3 is 6.09 Å². The molecule has 2 unspecified atom stereocenters. The maximum absolute atomic E-state index is 14.2. The van der Waals surface area contributed by atoms with Crippen molar-refractivity contribution in [3.63, 3.8) is 0 Å². The van der Waals surface area contributed by atoms with Crippen LogP contribution in [0.2, 0.25) is 0 Å². The number of ether oxygens (including phenoxy) is 1. The number of carbonyl (C=O) groups excluding carboxylic acids is 1. The van der Waals surface area contributed by atoms with Crippen LogP contribution in [-0.4, -0.2) is 63.8 Å². The Morgan fingerprint density at radius 1 is 1.41 bits per heavy atom. The quantitative estimate of drug-likeness (QED) is 0.734. The van der Waals surface area contributed by atoms with E-state index in [2.05, 4.69) is 22.0 Å². The van der Waals surface area contributed by atoms with Gasteiger partial charge in [0.05, 0.1) is 6.54 Å². The summed E-state index contributed by atoms with van der Waals surface area (Å²) in [6.07, 6.45) is 5.13. The van der Waals surface area contributed by atoms with Crippen LogP contribution in [0, 0.1) is 12.8 Å². The van der Waals surface area contributed by atoms with Crippen molar-refractivity contribution in [3.8, 4) is 0 Å². The number of benzene rings is 1. The summed E-state index contributed by atoms with van der Waals surface area (Å²) in [6, 6.07) is 7.84.